The Labute approximate surface area is 142 Å². The molecule has 24 heavy (non-hydrogen) atoms. The quantitative estimate of drug-likeness (QED) is 0.853. The number of nitrogens with zero attached hydrogens (tertiary/aromatic N) is 4. The second-order valence-electron chi connectivity index (χ2n) is 6.77. The highest BCUT2D eigenvalue weighted by Gasteiger charge is 2.27. The van der Waals surface area contributed by atoms with Gasteiger partial charge in [-0.2, -0.15) is 0 Å². The maximum atomic E-state index is 12.9. The molecule has 1 unspecified atom stereocenters. The van der Waals surface area contributed by atoms with E-state index in [4.69, 9.17) is 0 Å². The number of para-hydroxylation sites is 1. The van der Waals surface area contributed by atoms with Crippen LogP contribution in [0.3, 0.4) is 0 Å². The van der Waals surface area contributed by atoms with E-state index in [2.05, 4.69) is 27.9 Å². The van der Waals surface area contributed by atoms with Crippen LogP contribution < -0.4 is 9.80 Å². The van der Waals surface area contributed by atoms with Crippen molar-refractivity contribution in [1.29, 1.82) is 0 Å². The SMILES string of the molecule is CC1CCCN(c2nccc(C(=O)N3CCc4ccccc43)n2)C1. The Bertz CT molecular complexity index is 761. The van der Waals surface area contributed by atoms with Crippen LogP contribution in [-0.2, 0) is 6.42 Å². The highest BCUT2D eigenvalue weighted by Crippen LogP contribution is 2.29. The lowest BCUT2D eigenvalue weighted by atomic mass is 10.0. The van der Waals surface area contributed by atoms with Crippen molar-refractivity contribution >= 4 is 17.5 Å². The fraction of sp³-hybridized carbons (Fsp3) is 0.421. The molecule has 5 nitrogen and oxygen atoms in total. The van der Waals surface area contributed by atoms with Gasteiger partial charge in [0.2, 0.25) is 5.95 Å². The van der Waals surface area contributed by atoms with Gasteiger partial charge < -0.3 is 9.80 Å². The smallest absolute Gasteiger partial charge is 0.277 e. The molecule has 1 saturated heterocycles. The minimum Gasteiger partial charge on any atom is -0.341 e. The van der Waals surface area contributed by atoms with Crippen LogP contribution in [0.1, 0.15) is 35.8 Å². The number of anilines is 2. The third kappa shape index (κ3) is 2.75. The number of piperidine rings is 1. The van der Waals surface area contributed by atoms with Gasteiger partial charge in [-0.3, -0.25) is 4.79 Å². The van der Waals surface area contributed by atoms with Gasteiger partial charge in [0.05, 0.1) is 0 Å². The number of fused-ring (bicyclic) bond motifs is 1. The largest absolute Gasteiger partial charge is 0.341 e. The standard InChI is InChI=1S/C19H22N4O/c1-14-5-4-11-22(13-14)19-20-10-8-16(21-19)18(24)23-12-9-15-6-2-3-7-17(15)23/h2-3,6-8,10,14H,4-5,9,11-13H2,1H3. The van der Waals surface area contributed by atoms with Crippen molar-refractivity contribution < 1.29 is 4.79 Å². The lowest BCUT2D eigenvalue weighted by Gasteiger charge is -2.31. The fourth-order valence-corrected chi connectivity index (χ4v) is 3.68. The lowest BCUT2D eigenvalue weighted by Crippen LogP contribution is -2.36. The zero-order valence-electron chi connectivity index (χ0n) is 14.0. The second-order valence-corrected chi connectivity index (χ2v) is 6.77. The molecule has 0 saturated carbocycles. The Morgan fingerprint density at radius 1 is 1.21 bits per heavy atom. The van der Waals surface area contributed by atoms with Crippen LogP contribution in [0.4, 0.5) is 11.6 Å². The Balaban J connectivity index is 1.59. The average molecular weight is 322 g/mol. The number of aromatic nitrogens is 2. The molecule has 2 aliphatic rings. The van der Waals surface area contributed by atoms with Gasteiger partial charge in [-0.05, 0) is 42.9 Å². The van der Waals surface area contributed by atoms with Gasteiger partial charge in [0.1, 0.15) is 5.69 Å². The zero-order valence-corrected chi connectivity index (χ0v) is 14.0. The molecule has 4 rings (SSSR count). The first-order valence-corrected chi connectivity index (χ1v) is 8.70. The van der Waals surface area contributed by atoms with E-state index >= 15 is 0 Å². The van der Waals surface area contributed by atoms with Crippen LogP contribution in [0.5, 0.6) is 0 Å². The number of hydrogen-bond acceptors (Lipinski definition) is 4. The minimum absolute atomic E-state index is 0.0337. The molecule has 124 valence electrons. The summed E-state index contributed by atoms with van der Waals surface area (Å²) in [5, 5.41) is 0. The van der Waals surface area contributed by atoms with E-state index in [0.717, 1.165) is 38.2 Å². The highest BCUT2D eigenvalue weighted by atomic mass is 16.2. The molecule has 2 aromatic rings. The highest BCUT2D eigenvalue weighted by molar-refractivity contribution is 6.06. The van der Waals surface area contributed by atoms with Crippen molar-refractivity contribution in [2.75, 3.05) is 29.4 Å². The summed E-state index contributed by atoms with van der Waals surface area (Å²) in [4.78, 5) is 25.9. The third-order valence-corrected chi connectivity index (χ3v) is 4.93. The van der Waals surface area contributed by atoms with Gasteiger partial charge in [0, 0.05) is 31.5 Å². The summed E-state index contributed by atoms with van der Waals surface area (Å²) < 4.78 is 0. The van der Waals surface area contributed by atoms with Gasteiger partial charge >= 0.3 is 0 Å². The number of rotatable bonds is 2. The molecule has 1 aromatic heterocycles. The number of carbonyl (C=O) groups is 1. The van der Waals surface area contributed by atoms with Crippen LogP contribution in [0.2, 0.25) is 0 Å². The molecule has 0 bridgehead atoms. The first kappa shape index (κ1) is 15.1. The summed E-state index contributed by atoms with van der Waals surface area (Å²) in [7, 11) is 0. The van der Waals surface area contributed by atoms with Crippen LogP contribution in [0.15, 0.2) is 36.5 Å². The van der Waals surface area contributed by atoms with Gasteiger partial charge in [0.15, 0.2) is 0 Å². The molecule has 0 spiro atoms. The predicted octanol–water partition coefficient (Wildman–Crippen LogP) is 2.92. The van der Waals surface area contributed by atoms with E-state index in [9.17, 15) is 4.79 Å². The molecule has 5 heteroatoms. The Morgan fingerprint density at radius 2 is 2.08 bits per heavy atom. The summed E-state index contributed by atoms with van der Waals surface area (Å²) in [6.07, 6.45) is 5.02. The summed E-state index contributed by atoms with van der Waals surface area (Å²) in [6.45, 7) is 4.90. The molecule has 1 fully saturated rings. The first-order chi connectivity index (χ1) is 11.7. The molecule has 0 radical (unpaired) electrons. The zero-order chi connectivity index (χ0) is 16.5. The van der Waals surface area contributed by atoms with Gasteiger partial charge in [-0.25, -0.2) is 9.97 Å². The minimum atomic E-state index is -0.0337. The van der Waals surface area contributed by atoms with Crippen molar-refractivity contribution in [2.24, 2.45) is 5.92 Å². The molecule has 1 atom stereocenters. The number of carbonyl (C=O) groups excluding carboxylic acids is 1. The van der Waals surface area contributed by atoms with E-state index in [1.165, 1.54) is 12.0 Å². The normalized spacial score (nSPS) is 20.1. The number of amides is 1. The van der Waals surface area contributed by atoms with Crippen molar-refractivity contribution in [3.63, 3.8) is 0 Å². The van der Waals surface area contributed by atoms with Crippen LogP contribution >= 0.6 is 0 Å². The van der Waals surface area contributed by atoms with Crippen molar-refractivity contribution in [3.05, 3.63) is 47.8 Å². The monoisotopic (exact) mass is 322 g/mol. The van der Waals surface area contributed by atoms with Crippen LogP contribution in [0, 0.1) is 5.92 Å². The molecule has 2 aliphatic heterocycles. The summed E-state index contributed by atoms with van der Waals surface area (Å²) in [5.41, 5.74) is 2.72. The van der Waals surface area contributed by atoms with Crippen molar-refractivity contribution in [2.45, 2.75) is 26.2 Å². The van der Waals surface area contributed by atoms with E-state index in [0.29, 0.717) is 17.6 Å². The van der Waals surface area contributed by atoms with Gasteiger partial charge in [-0.15, -0.1) is 0 Å². The lowest BCUT2D eigenvalue weighted by molar-refractivity contribution is 0.0984. The van der Waals surface area contributed by atoms with E-state index < -0.39 is 0 Å². The molecule has 3 heterocycles. The molecular formula is C19H22N4O. The van der Waals surface area contributed by atoms with E-state index in [1.807, 2.05) is 23.1 Å². The number of benzene rings is 1. The predicted molar refractivity (Wildman–Crippen MR) is 94.5 cm³/mol. The Hall–Kier alpha value is -2.43. The van der Waals surface area contributed by atoms with E-state index in [1.54, 1.807) is 12.3 Å². The third-order valence-electron chi connectivity index (χ3n) is 4.93. The van der Waals surface area contributed by atoms with Gasteiger partial charge in [-0.1, -0.05) is 25.1 Å². The van der Waals surface area contributed by atoms with Crippen molar-refractivity contribution in [3.8, 4) is 0 Å². The first-order valence-electron chi connectivity index (χ1n) is 8.70. The van der Waals surface area contributed by atoms with E-state index in [-0.39, 0.29) is 5.91 Å². The molecule has 0 aliphatic carbocycles. The summed E-state index contributed by atoms with van der Waals surface area (Å²) in [6, 6.07) is 9.82. The van der Waals surface area contributed by atoms with Crippen LogP contribution in [0.25, 0.3) is 0 Å². The average Bonchev–Trinajstić information content (AvgIpc) is 3.05. The Kier molecular flexibility index (Phi) is 3.92. The van der Waals surface area contributed by atoms with Gasteiger partial charge in [0.25, 0.3) is 5.91 Å². The molecule has 1 aromatic carbocycles. The Morgan fingerprint density at radius 3 is 2.96 bits per heavy atom. The number of hydrogen-bond donors (Lipinski definition) is 0. The summed E-state index contributed by atoms with van der Waals surface area (Å²) in [5.74, 6) is 1.29. The molecule has 1 amide bonds. The van der Waals surface area contributed by atoms with Crippen LogP contribution in [-0.4, -0.2) is 35.5 Å². The topological polar surface area (TPSA) is 49.3 Å². The maximum absolute atomic E-state index is 12.9. The summed E-state index contributed by atoms with van der Waals surface area (Å²) >= 11 is 0. The maximum Gasteiger partial charge on any atom is 0.277 e. The molecular weight excluding hydrogens is 300 g/mol. The fourth-order valence-electron chi connectivity index (χ4n) is 3.68. The second kappa shape index (κ2) is 6.23. The van der Waals surface area contributed by atoms with Crippen molar-refractivity contribution in [1.82, 2.24) is 9.97 Å². The molecule has 0 N–H and O–H groups in total.